The smallest absolute Gasteiger partial charge is 0.429 e. The number of hydrogen-bond donors (Lipinski definition) is 1. The highest BCUT2D eigenvalue weighted by molar-refractivity contribution is 5.91. The summed E-state index contributed by atoms with van der Waals surface area (Å²) in [6.07, 6.45) is -4.42. The molecule has 1 N–H and O–H groups in total. The second-order valence-corrected chi connectivity index (χ2v) is 3.33. The maximum Gasteiger partial charge on any atom is 0.429 e. The van der Waals surface area contributed by atoms with E-state index in [1.807, 2.05) is 0 Å². The molecule has 17 heavy (non-hydrogen) atoms. The van der Waals surface area contributed by atoms with Crippen LogP contribution in [0.4, 0.5) is 24.5 Å². The molecule has 0 atom stereocenters. The summed E-state index contributed by atoms with van der Waals surface area (Å²) in [5, 5.41) is 2.77. The SMILES string of the molecule is CNc1ccc(OC)cc1N=C(C)C(F)(F)F. The van der Waals surface area contributed by atoms with Gasteiger partial charge in [-0.15, -0.1) is 0 Å². The third-order valence-corrected chi connectivity index (χ3v) is 2.17. The summed E-state index contributed by atoms with van der Waals surface area (Å²) in [5.41, 5.74) is -0.196. The Bertz CT molecular complexity index is 427. The molecule has 1 aromatic carbocycles. The first-order valence-corrected chi connectivity index (χ1v) is 4.86. The van der Waals surface area contributed by atoms with Gasteiger partial charge in [-0.25, -0.2) is 4.99 Å². The van der Waals surface area contributed by atoms with Crippen molar-refractivity contribution in [2.45, 2.75) is 13.1 Å². The Labute approximate surface area is 97.3 Å². The maximum atomic E-state index is 12.4. The summed E-state index contributed by atoms with van der Waals surface area (Å²) in [7, 11) is 3.06. The van der Waals surface area contributed by atoms with Gasteiger partial charge in [0.15, 0.2) is 0 Å². The van der Waals surface area contributed by atoms with E-state index in [0.717, 1.165) is 6.92 Å². The van der Waals surface area contributed by atoms with E-state index in [-0.39, 0.29) is 5.69 Å². The number of alkyl halides is 3. The average Bonchev–Trinajstić information content (AvgIpc) is 2.27. The van der Waals surface area contributed by atoms with Crippen LogP contribution in [0.3, 0.4) is 0 Å². The second kappa shape index (κ2) is 5.07. The molecule has 0 bridgehead atoms. The number of halogens is 3. The number of benzene rings is 1. The van der Waals surface area contributed by atoms with E-state index in [9.17, 15) is 13.2 Å². The molecule has 0 aliphatic heterocycles. The number of methoxy groups -OCH3 is 1. The number of nitrogens with one attached hydrogen (secondary N) is 1. The number of anilines is 1. The van der Waals surface area contributed by atoms with Gasteiger partial charge in [-0.05, 0) is 19.1 Å². The molecule has 0 radical (unpaired) electrons. The lowest BCUT2D eigenvalue weighted by molar-refractivity contribution is -0.0591. The van der Waals surface area contributed by atoms with Gasteiger partial charge in [0.2, 0.25) is 0 Å². The summed E-state index contributed by atoms with van der Waals surface area (Å²) >= 11 is 0. The zero-order valence-electron chi connectivity index (χ0n) is 9.72. The van der Waals surface area contributed by atoms with Crippen molar-refractivity contribution >= 4 is 17.1 Å². The predicted molar refractivity (Wildman–Crippen MR) is 61.4 cm³/mol. The normalized spacial score (nSPS) is 12.5. The van der Waals surface area contributed by atoms with E-state index in [1.165, 1.54) is 13.2 Å². The van der Waals surface area contributed by atoms with Crippen molar-refractivity contribution in [3.8, 4) is 5.75 Å². The van der Waals surface area contributed by atoms with E-state index in [2.05, 4.69) is 10.3 Å². The second-order valence-electron chi connectivity index (χ2n) is 3.33. The van der Waals surface area contributed by atoms with Gasteiger partial charge in [-0.3, -0.25) is 0 Å². The van der Waals surface area contributed by atoms with Crippen LogP contribution in [0.1, 0.15) is 6.92 Å². The molecule has 0 aliphatic carbocycles. The van der Waals surface area contributed by atoms with Crippen molar-refractivity contribution in [3.63, 3.8) is 0 Å². The van der Waals surface area contributed by atoms with Gasteiger partial charge >= 0.3 is 6.18 Å². The number of hydrogen-bond acceptors (Lipinski definition) is 3. The van der Waals surface area contributed by atoms with E-state index in [4.69, 9.17) is 4.74 Å². The van der Waals surface area contributed by atoms with Crippen LogP contribution in [0.25, 0.3) is 0 Å². The molecule has 3 nitrogen and oxygen atoms in total. The standard InChI is InChI=1S/C11H13F3N2O/c1-7(11(12,13)14)16-10-6-8(17-3)4-5-9(10)15-2/h4-6,15H,1-3H3. The van der Waals surface area contributed by atoms with Crippen molar-refractivity contribution in [2.75, 3.05) is 19.5 Å². The molecular weight excluding hydrogens is 233 g/mol. The fourth-order valence-electron chi connectivity index (χ4n) is 1.19. The van der Waals surface area contributed by atoms with E-state index >= 15 is 0 Å². The first kappa shape index (κ1) is 13.3. The van der Waals surface area contributed by atoms with Gasteiger partial charge in [0, 0.05) is 13.1 Å². The summed E-state index contributed by atoms with van der Waals surface area (Å²) in [5.74, 6) is 0.456. The van der Waals surface area contributed by atoms with Crippen LogP contribution in [0.5, 0.6) is 5.75 Å². The zero-order chi connectivity index (χ0) is 13.1. The Balaban J connectivity index is 3.20. The molecule has 0 heterocycles. The molecule has 0 amide bonds. The van der Waals surface area contributed by atoms with Crippen LogP contribution >= 0.6 is 0 Å². The molecule has 0 spiro atoms. The summed E-state index contributed by atoms with van der Waals surface area (Å²) in [6, 6.07) is 4.70. The van der Waals surface area contributed by atoms with Gasteiger partial charge in [-0.1, -0.05) is 0 Å². The summed E-state index contributed by atoms with van der Waals surface area (Å²) in [4.78, 5) is 3.56. The third-order valence-electron chi connectivity index (χ3n) is 2.17. The highest BCUT2D eigenvalue weighted by Gasteiger charge is 2.32. The Kier molecular flexibility index (Phi) is 3.98. The van der Waals surface area contributed by atoms with Crippen LogP contribution < -0.4 is 10.1 Å². The monoisotopic (exact) mass is 246 g/mol. The predicted octanol–water partition coefficient (Wildman–Crippen LogP) is 3.39. The zero-order valence-corrected chi connectivity index (χ0v) is 9.72. The lowest BCUT2D eigenvalue weighted by Crippen LogP contribution is -2.19. The molecule has 94 valence electrons. The van der Waals surface area contributed by atoms with Crippen LogP contribution in [0.2, 0.25) is 0 Å². The van der Waals surface area contributed by atoms with Gasteiger partial charge in [0.1, 0.15) is 11.5 Å². The number of aliphatic imine (C=N–C) groups is 1. The van der Waals surface area contributed by atoms with Crippen LogP contribution in [0.15, 0.2) is 23.2 Å². The number of nitrogens with zero attached hydrogens (tertiary/aromatic N) is 1. The fourth-order valence-corrected chi connectivity index (χ4v) is 1.19. The molecular formula is C11H13F3N2O. The lowest BCUT2D eigenvalue weighted by atomic mass is 10.2. The third kappa shape index (κ3) is 3.37. The van der Waals surface area contributed by atoms with Gasteiger partial charge in [-0.2, -0.15) is 13.2 Å². The summed E-state index contributed by atoms with van der Waals surface area (Å²) in [6.45, 7) is 0.929. The van der Waals surface area contributed by atoms with Crippen LogP contribution in [-0.2, 0) is 0 Å². The topological polar surface area (TPSA) is 33.6 Å². The minimum absolute atomic E-state index is 0.196. The molecule has 0 aliphatic rings. The fraction of sp³-hybridized carbons (Fsp3) is 0.364. The van der Waals surface area contributed by atoms with Crippen molar-refractivity contribution in [3.05, 3.63) is 18.2 Å². The Hall–Kier alpha value is -1.72. The van der Waals surface area contributed by atoms with E-state index < -0.39 is 11.9 Å². The Morgan fingerprint density at radius 2 is 2.00 bits per heavy atom. The van der Waals surface area contributed by atoms with Gasteiger partial charge in [0.05, 0.1) is 18.5 Å². The minimum atomic E-state index is -4.42. The number of rotatable bonds is 3. The average molecular weight is 246 g/mol. The molecule has 6 heteroatoms. The lowest BCUT2D eigenvalue weighted by Gasteiger charge is -2.10. The Morgan fingerprint density at radius 1 is 1.35 bits per heavy atom. The van der Waals surface area contributed by atoms with E-state index in [1.54, 1.807) is 19.2 Å². The van der Waals surface area contributed by atoms with Gasteiger partial charge < -0.3 is 10.1 Å². The molecule has 0 unspecified atom stereocenters. The van der Waals surface area contributed by atoms with Crippen molar-refractivity contribution in [1.82, 2.24) is 0 Å². The van der Waals surface area contributed by atoms with Crippen molar-refractivity contribution < 1.29 is 17.9 Å². The molecule has 0 saturated carbocycles. The van der Waals surface area contributed by atoms with Crippen LogP contribution in [-0.4, -0.2) is 26.0 Å². The maximum absolute atomic E-state index is 12.4. The number of ether oxygens (including phenoxy) is 1. The molecule has 0 saturated heterocycles. The molecule has 1 rings (SSSR count). The largest absolute Gasteiger partial charge is 0.497 e. The quantitative estimate of drug-likeness (QED) is 0.829. The summed E-state index contributed by atoms with van der Waals surface area (Å²) < 4.78 is 42.1. The first-order valence-electron chi connectivity index (χ1n) is 4.86. The highest BCUT2D eigenvalue weighted by atomic mass is 19.4. The molecule has 1 aromatic rings. The highest BCUT2D eigenvalue weighted by Crippen LogP contribution is 2.31. The first-order chi connectivity index (χ1) is 7.88. The van der Waals surface area contributed by atoms with E-state index in [0.29, 0.717) is 11.4 Å². The minimum Gasteiger partial charge on any atom is -0.497 e. The Morgan fingerprint density at radius 3 is 2.47 bits per heavy atom. The molecule has 0 aromatic heterocycles. The van der Waals surface area contributed by atoms with Gasteiger partial charge in [0.25, 0.3) is 0 Å². The molecule has 0 fully saturated rings. The van der Waals surface area contributed by atoms with Crippen LogP contribution in [0, 0.1) is 0 Å². The van der Waals surface area contributed by atoms with Crippen molar-refractivity contribution in [2.24, 2.45) is 4.99 Å². The van der Waals surface area contributed by atoms with Crippen molar-refractivity contribution in [1.29, 1.82) is 0 Å².